The van der Waals surface area contributed by atoms with Gasteiger partial charge in [0.05, 0.1) is 0 Å². The van der Waals surface area contributed by atoms with Gasteiger partial charge in [0.2, 0.25) is 0 Å². The van der Waals surface area contributed by atoms with E-state index in [-0.39, 0.29) is 5.41 Å². The van der Waals surface area contributed by atoms with Gasteiger partial charge in [-0.05, 0) is 211 Å². The van der Waals surface area contributed by atoms with Crippen LogP contribution in [0.1, 0.15) is 214 Å². The highest BCUT2D eigenvalue weighted by molar-refractivity contribution is 5.43. The quantitative estimate of drug-likeness (QED) is 0.0992. The zero-order valence-corrected chi connectivity index (χ0v) is 47.2. The van der Waals surface area contributed by atoms with E-state index in [1.165, 1.54) is 153 Å². The molecule has 8 heteroatoms. The lowest BCUT2D eigenvalue weighted by atomic mass is 9.72. The van der Waals surface area contributed by atoms with Crippen molar-refractivity contribution in [1.29, 1.82) is 0 Å². The molecule has 69 heavy (non-hydrogen) atoms. The van der Waals surface area contributed by atoms with Gasteiger partial charge in [-0.25, -0.2) is 0 Å². The molecule has 0 radical (unpaired) electrons. The number of aromatic hydroxyl groups is 2. The molecule has 2 unspecified atom stereocenters. The van der Waals surface area contributed by atoms with Crippen LogP contribution in [0.2, 0.25) is 0 Å². The Labute approximate surface area is 427 Å². The largest absolute Gasteiger partial charge is 0.508 e. The van der Waals surface area contributed by atoms with Crippen LogP contribution in [0, 0.1) is 17.3 Å². The van der Waals surface area contributed by atoms with E-state index in [2.05, 4.69) is 123 Å². The van der Waals surface area contributed by atoms with Crippen molar-refractivity contribution < 1.29 is 10.2 Å². The number of anilines is 1. The van der Waals surface area contributed by atoms with Crippen molar-refractivity contribution in [1.82, 2.24) is 21.3 Å². The third kappa shape index (κ3) is 36.4. The van der Waals surface area contributed by atoms with Gasteiger partial charge in [-0.15, -0.1) is 0 Å². The Balaban J connectivity index is 0.000000790. The second kappa shape index (κ2) is 40.5. The number of phenols is 2. The SMILES string of the molecule is C1CCNC1.C1CCNCC1.C1CCNCC1.CC(C)(C)CC(C)(C)c1ccc(O)cc1.CC(C)c1cccc(C(C)C)c1O.CC1CNCC(C)C1.CCCCN.CCCCc1ccc(N)cc1. The molecule has 2 atom stereocenters. The van der Waals surface area contributed by atoms with Crippen molar-refractivity contribution >= 4 is 5.69 Å². The van der Waals surface area contributed by atoms with E-state index in [9.17, 15) is 10.2 Å². The molecular formula is C61H112N6O2. The molecule has 4 saturated heterocycles. The Kier molecular flexibility index (Phi) is 38.6. The number of phenolic OH excluding ortho intramolecular Hbond substituents is 2. The van der Waals surface area contributed by atoms with E-state index < -0.39 is 0 Å². The molecule has 4 aliphatic heterocycles. The predicted octanol–water partition coefficient (Wildman–Crippen LogP) is 14.2. The zero-order chi connectivity index (χ0) is 51.9. The lowest BCUT2D eigenvalue weighted by molar-refractivity contribution is 0.284. The molecule has 3 aromatic rings. The third-order valence-corrected chi connectivity index (χ3v) is 12.5. The molecule has 0 aliphatic carbocycles. The first-order valence-electron chi connectivity index (χ1n) is 27.8. The van der Waals surface area contributed by atoms with Gasteiger partial charge in [0.1, 0.15) is 11.5 Å². The molecule has 4 heterocycles. The highest BCUT2D eigenvalue weighted by atomic mass is 16.3. The maximum Gasteiger partial charge on any atom is 0.122 e. The van der Waals surface area contributed by atoms with E-state index in [4.69, 9.17) is 11.5 Å². The van der Waals surface area contributed by atoms with E-state index in [1.54, 1.807) is 12.1 Å². The highest BCUT2D eigenvalue weighted by Gasteiger charge is 2.27. The summed E-state index contributed by atoms with van der Waals surface area (Å²) in [5.41, 5.74) is 16.8. The summed E-state index contributed by atoms with van der Waals surface area (Å²) in [5.74, 6) is 3.40. The summed E-state index contributed by atoms with van der Waals surface area (Å²) in [6, 6.07) is 21.7. The van der Waals surface area contributed by atoms with Crippen molar-refractivity contribution in [2.24, 2.45) is 23.0 Å². The van der Waals surface area contributed by atoms with Gasteiger partial charge in [0.15, 0.2) is 0 Å². The minimum atomic E-state index is 0.159. The van der Waals surface area contributed by atoms with Crippen LogP contribution in [0.15, 0.2) is 66.7 Å². The van der Waals surface area contributed by atoms with Gasteiger partial charge in [-0.2, -0.15) is 0 Å². The maximum absolute atomic E-state index is 9.93. The number of para-hydroxylation sites is 1. The van der Waals surface area contributed by atoms with Crippen LogP contribution in [0.3, 0.4) is 0 Å². The Bertz CT molecular complexity index is 1510. The number of piperidine rings is 3. The van der Waals surface area contributed by atoms with Gasteiger partial charge in [-0.1, -0.05) is 158 Å². The standard InChI is InChI=1S/C14H22O.C12H18O.C10H15N.C7H15N.2C5H11N.C4H9N.C4H11N/c1-13(2,3)10-14(4,5)11-6-8-12(15)9-7-11;1-8(2)10-6-5-7-11(9(3)4)12(10)13;1-2-3-4-9-5-7-10(11)8-6-9;1-6-3-7(2)5-8-4-6;2*1-2-4-6-5-3-1;1-2-4-5-3-1;1-2-3-4-5/h6-9,15H,10H2,1-5H3;5-9,13H,1-4H3;5-8H,2-4,11H2,1H3;6-8H,3-5H2,1-2H3;2*6H,1-5H2;5H,1-4H2;2-5H2,1H3. The molecule has 10 N–H and O–H groups in total. The molecule has 398 valence electrons. The fourth-order valence-corrected chi connectivity index (χ4v) is 8.78. The van der Waals surface area contributed by atoms with E-state index in [1.807, 2.05) is 42.5 Å². The third-order valence-electron chi connectivity index (χ3n) is 12.5. The normalized spacial score (nSPS) is 17.6. The number of rotatable bonds is 9. The van der Waals surface area contributed by atoms with Gasteiger partial charge in [0, 0.05) is 5.69 Å². The summed E-state index contributed by atoms with van der Waals surface area (Å²) < 4.78 is 0. The van der Waals surface area contributed by atoms with Gasteiger partial charge < -0.3 is 42.9 Å². The molecular weight excluding hydrogens is 849 g/mol. The monoisotopic (exact) mass is 961 g/mol. The molecule has 8 nitrogen and oxygen atoms in total. The van der Waals surface area contributed by atoms with Gasteiger partial charge >= 0.3 is 0 Å². The molecule has 0 amide bonds. The number of nitrogens with one attached hydrogen (secondary N) is 4. The number of benzene rings is 3. The molecule has 0 bridgehead atoms. The number of nitrogen functional groups attached to an aromatic ring is 1. The highest BCUT2D eigenvalue weighted by Crippen LogP contribution is 2.36. The number of hydrogen-bond donors (Lipinski definition) is 8. The van der Waals surface area contributed by atoms with Crippen molar-refractivity contribution in [3.8, 4) is 11.5 Å². The summed E-state index contributed by atoms with van der Waals surface area (Å²) >= 11 is 0. The van der Waals surface area contributed by atoms with Crippen molar-refractivity contribution in [2.45, 2.75) is 204 Å². The average Bonchev–Trinajstić information content (AvgIpc) is 3.92. The number of unbranched alkanes of at least 4 members (excludes halogenated alkanes) is 2. The van der Waals surface area contributed by atoms with Crippen LogP contribution in [-0.2, 0) is 11.8 Å². The number of nitrogens with two attached hydrogens (primary N) is 2. The summed E-state index contributed by atoms with van der Waals surface area (Å²) in [6.45, 7) is 39.4. The summed E-state index contributed by atoms with van der Waals surface area (Å²) in [6.07, 6.45) is 19.8. The first kappa shape index (κ1) is 65.9. The maximum atomic E-state index is 9.93. The number of hydrogen-bond acceptors (Lipinski definition) is 8. The molecule has 0 spiro atoms. The molecule has 0 aromatic heterocycles. The minimum Gasteiger partial charge on any atom is -0.508 e. The summed E-state index contributed by atoms with van der Waals surface area (Å²) in [7, 11) is 0. The zero-order valence-electron chi connectivity index (χ0n) is 47.2. The topological polar surface area (TPSA) is 141 Å². The van der Waals surface area contributed by atoms with Crippen LogP contribution in [0.25, 0.3) is 0 Å². The second-order valence-electron chi connectivity index (χ2n) is 22.4. The van der Waals surface area contributed by atoms with Crippen LogP contribution >= 0.6 is 0 Å². The smallest absolute Gasteiger partial charge is 0.122 e. The summed E-state index contributed by atoms with van der Waals surface area (Å²) in [5, 5.41) is 32.4. The molecule has 4 aliphatic rings. The fraction of sp³-hybridized carbons (Fsp3) is 0.705. The minimum absolute atomic E-state index is 0.159. The Morgan fingerprint density at radius 1 is 0.580 bits per heavy atom. The van der Waals surface area contributed by atoms with Crippen molar-refractivity contribution in [3.05, 3.63) is 89.0 Å². The molecule has 4 fully saturated rings. The first-order valence-corrected chi connectivity index (χ1v) is 27.8. The number of aryl methyl sites for hydroxylation is 1. The first-order chi connectivity index (χ1) is 32.8. The second-order valence-corrected chi connectivity index (χ2v) is 22.4. The van der Waals surface area contributed by atoms with Gasteiger partial charge in [-0.3, -0.25) is 0 Å². The summed E-state index contributed by atoms with van der Waals surface area (Å²) in [4.78, 5) is 0. The molecule has 3 aromatic carbocycles. The van der Waals surface area contributed by atoms with Crippen LogP contribution in [0.5, 0.6) is 11.5 Å². The molecule has 7 rings (SSSR count). The van der Waals surface area contributed by atoms with Crippen LogP contribution in [0.4, 0.5) is 5.69 Å². The van der Waals surface area contributed by atoms with E-state index in [0.29, 0.717) is 28.7 Å². The molecule has 0 saturated carbocycles. The van der Waals surface area contributed by atoms with E-state index >= 15 is 0 Å². The Hall–Kier alpha value is -3.14. The van der Waals surface area contributed by atoms with Crippen molar-refractivity contribution in [3.63, 3.8) is 0 Å². The lowest BCUT2D eigenvalue weighted by Gasteiger charge is -2.33. The Morgan fingerprint density at radius 3 is 1.29 bits per heavy atom. The van der Waals surface area contributed by atoms with Crippen LogP contribution in [-0.4, -0.2) is 69.1 Å². The van der Waals surface area contributed by atoms with Crippen molar-refractivity contribution in [2.75, 3.05) is 64.6 Å². The predicted molar refractivity (Wildman–Crippen MR) is 306 cm³/mol. The lowest BCUT2D eigenvalue weighted by Crippen LogP contribution is -2.33. The average molecular weight is 962 g/mol. The fourth-order valence-electron chi connectivity index (χ4n) is 8.78. The Morgan fingerprint density at radius 2 is 1.00 bits per heavy atom. The van der Waals surface area contributed by atoms with Crippen LogP contribution < -0.4 is 32.7 Å². The van der Waals surface area contributed by atoms with Gasteiger partial charge in [0.25, 0.3) is 0 Å². The van der Waals surface area contributed by atoms with E-state index in [0.717, 1.165) is 41.6 Å².